The Bertz CT molecular complexity index is 375. The molecule has 0 aromatic rings. The molecule has 0 aliphatic carbocycles. The van der Waals surface area contributed by atoms with Gasteiger partial charge in [0.25, 0.3) is 0 Å². The number of carbonyl (C=O) groups is 2. The second kappa shape index (κ2) is 6.35. The van der Waals surface area contributed by atoms with Crippen LogP contribution in [0.4, 0.5) is 0 Å². The Morgan fingerprint density at radius 3 is 2.70 bits per heavy atom. The topological polar surface area (TPSA) is 61.4 Å². The molecule has 2 amide bonds. The van der Waals surface area contributed by atoms with Crippen molar-refractivity contribution in [2.45, 2.75) is 45.7 Å². The Kier molecular flexibility index (Phi) is 4.96. The summed E-state index contributed by atoms with van der Waals surface area (Å²) in [5.41, 5.74) is -0.435. The van der Waals surface area contributed by atoms with Crippen molar-refractivity contribution in [3.63, 3.8) is 0 Å². The van der Waals surface area contributed by atoms with E-state index in [-0.39, 0.29) is 23.9 Å². The highest BCUT2D eigenvalue weighted by Gasteiger charge is 2.39. The number of thioether (sulfide) groups is 1. The summed E-state index contributed by atoms with van der Waals surface area (Å²) in [5, 5.41) is 6.38. The van der Waals surface area contributed by atoms with Gasteiger partial charge in [-0.1, -0.05) is 20.8 Å². The van der Waals surface area contributed by atoms with Crippen molar-refractivity contribution >= 4 is 23.6 Å². The van der Waals surface area contributed by atoms with Crippen molar-refractivity contribution in [1.29, 1.82) is 0 Å². The summed E-state index contributed by atoms with van der Waals surface area (Å²) in [7, 11) is 0. The standard InChI is InChI=1S/C14H25N3O2S/c1-14(2,3)13(19)17-9-20-8-11(17)12(18)16-10-5-4-6-15-7-10/h10-11,15H,4-9H2,1-3H3,(H,16,18)/t10-,11?/m0/s1. The Morgan fingerprint density at radius 1 is 1.35 bits per heavy atom. The second-order valence-corrected chi connectivity index (χ2v) is 7.59. The maximum atomic E-state index is 12.4. The number of rotatable bonds is 2. The van der Waals surface area contributed by atoms with Gasteiger partial charge in [-0.3, -0.25) is 9.59 Å². The maximum absolute atomic E-state index is 12.4. The van der Waals surface area contributed by atoms with E-state index in [9.17, 15) is 9.59 Å². The van der Waals surface area contributed by atoms with Crippen LogP contribution in [-0.4, -0.2) is 53.5 Å². The van der Waals surface area contributed by atoms with E-state index in [0.717, 1.165) is 25.9 Å². The fourth-order valence-electron chi connectivity index (χ4n) is 2.56. The molecule has 1 unspecified atom stereocenters. The number of carbonyl (C=O) groups excluding carboxylic acids is 2. The smallest absolute Gasteiger partial charge is 0.243 e. The quantitative estimate of drug-likeness (QED) is 0.792. The molecule has 2 fully saturated rings. The van der Waals surface area contributed by atoms with Crippen LogP contribution in [0.15, 0.2) is 0 Å². The van der Waals surface area contributed by atoms with Gasteiger partial charge in [0.05, 0.1) is 5.88 Å². The lowest BCUT2D eigenvalue weighted by Crippen LogP contribution is -2.54. The van der Waals surface area contributed by atoms with E-state index in [1.54, 1.807) is 16.7 Å². The molecule has 6 heteroatoms. The zero-order valence-corrected chi connectivity index (χ0v) is 13.4. The lowest BCUT2D eigenvalue weighted by Gasteiger charge is -2.31. The Balaban J connectivity index is 1.95. The van der Waals surface area contributed by atoms with Crippen LogP contribution in [0.25, 0.3) is 0 Å². The summed E-state index contributed by atoms with van der Waals surface area (Å²) >= 11 is 1.65. The van der Waals surface area contributed by atoms with Crippen LogP contribution in [0.3, 0.4) is 0 Å². The Morgan fingerprint density at radius 2 is 2.10 bits per heavy atom. The van der Waals surface area contributed by atoms with Crippen LogP contribution in [0.1, 0.15) is 33.6 Å². The molecule has 114 valence electrons. The minimum Gasteiger partial charge on any atom is -0.350 e. The first-order valence-electron chi connectivity index (χ1n) is 7.29. The number of amides is 2. The van der Waals surface area contributed by atoms with Crippen molar-refractivity contribution in [1.82, 2.24) is 15.5 Å². The normalized spacial score (nSPS) is 27.4. The molecular formula is C14H25N3O2S. The lowest BCUT2D eigenvalue weighted by atomic mass is 9.94. The highest BCUT2D eigenvalue weighted by molar-refractivity contribution is 7.99. The lowest BCUT2D eigenvalue weighted by molar-refractivity contribution is -0.144. The summed E-state index contributed by atoms with van der Waals surface area (Å²) in [6.07, 6.45) is 2.11. The van der Waals surface area contributed by atoms with E-state index in [2.05, 4.69) is 10.6 Å². The highest BCUT2D eigenvalue weighted by atomic mass is 32.2. The molecule has 2 saturated heterocycles. The summed E-state index contributed by atoms with van der Waals surface area (Å²) in [5.74, 6) is 1.39. The van der Waals surface area contributed by atoms with Gasteiger partial charge < -0.3 is 15.5 Å². The predicted molar refractivity (Wildman–Crippen MR) is 81.4 cm³/mol. The van der Waals surface area contributed by atoms with Crippen molar-refractivity contribution in [2.75, 3.05) is 24.7 Å². The molecule has 5 nitrogen and oxygen atoms in total. The number of nitrogens with one attached hydrogen (secondary N) is 2. The van der Waals surface area contributed by atoms with Gasteiger partial charge in [0.2, 0.25) is 11.8 Å². The third kappa shape index (κ3) is 3.67. The first-order chi connectivity index (χ1) is 9.39. The van der Waals surface area contributed by atoms with Gasteiger partial charge in [-0.05, 0) is 19.4 Å². The number of hydrogen-bond donors (Lipinski definition) is 2. The fourth-order valence-corrected chi connectivity index (χ4v) is 3.72. The van der Waals surface area contributed by atoms with E-state index in [1.807, 2.05) is 20.8 Å². The maximum Gasteiger partial charge on any atom is 0.243 e. The molecule has 0 radical (unpaired) electrons. The summed E-state index contributed by atoms with van der Waals surface area (Å²) in [6, 6.07) is -0.109. The van der Waals surface area contributed by atoms with Crippen molar-refractivity contribution < 1.29 is 9.59 Å². The summed E-state index contributed by atoms with van der Waals surface area (Å²) in [4.78, 5) is 26.5. The van der Waals surface area contributed by atoms with E-state index in [1.165, 1.54) is 0 Å². The first kappa shape index (κ1) is 15.6. The number of nitrogens with zero attached hydrogens (tertiary/aromatic N) is 1. The van der Waals surface area contributed by atoms with E-state index in [4.69, 9.17) is 0 Å². The van der Waals surface area contributed by atoms with Crippen LogP contribution in [0, 0.1) is 5.41 Å². The van der Waals surface area contributed by atoms with Crippen molar-refractivity contribution in [3.05, 3.63) is 0 Å². The van der Waals surface area contributed by atoms with Crippen molar-refractivity contribution in [2.24, 2.45) is 5.41 Å². The third-order valence-electron chi connectivity index (χ3n) is 3.73. The molecule has 2 N–H and O–H groups in total. The molecule has 0 spiro atoms. The van der Waals surface area contributed by atoms with E-state index in [0.29, 0.717) is 11.6 Å². The van der Waals surface area contributed by atoms with Gasteiger partial charge in [0.15, 0.2) is 0 Å². The zero-order valence-electron chi connectivity index (χ0n) is 12.6. The average molecular weight is 299 g/mol. The first-order valence-corrected chi connectivity index (χ1v) is 8.45. The highest BCUT2D eigenvalue weighted by Crippen LogP contribution is 2.27. The third-order valence-corrected chi connectivity index (χ3v) is 4.74. The fraction of sp³-hybridized carbons (Fsp3) is 0.857. The minimum absolute atomic E-state index is 0.00120. The molecule has 2 aliphatic rings. The Labute approximate surface area is 125 Å². The van der Waals surface area contributed by atoms with Crippen LogP contribution in [0.5, 0.6) is 0 Å². The molecule has 0 aromatic heterocycles. The summed E-state index contributed by atoms with van der Waals surface area (Å²) in [6.45, 7) is 7.56. The van der Waals surface area contributed by atoms with Gasteiger partial charge >= 0.3 is 0 Å². The number of piperidine rings is 1. The molecule has 0 aromatic carbocycles. The van der Waals surface area contributed by atoms with Crippen LogP contribution in [-0.2, 0) is 9.59 Å². The van der Waals surface area contributed by atoms with Crippen LogP contribution < -0.4 is 10.6 Å². The van der Waals surface area contributed by atoms with Crippen LogP contribution in [0.2, 0.25) is 0 Å². The molecule has 0 saturated carbocycles. The molecule has 2 heterocycles. The van der Waals surface area contributed by atoms with Gasteiger partial charge in [-0.15, -0.1) is 11.8 Å². The summed E-state index contributed by atoms with van der Waals surface area (Å²) < 4.78 is 0. The largest absolute Gasteiger partial charge is 0.350 e. The van der Waals surface area contributed by atoms with E-state index < -0.39 is 5.41 Å². The molecule has 2 rings (SSSR count). The molecule has 2 aliphatic heterocycles. The number of hydrogen-bond acceptors (Lipinski definition) is 4. The predicted octanol–water partition coefficient (Wildman–Crippen LogP) is 0.802. The Hall–Kier alpha value is -0.750. The SMILES string of the molecule is CC(C)(C)C(=O)N1CSCC1C(=O)N[C@H]1CCCNC1. The second-order valence-electron chi connectivity index (χ2n) is 6.59. The van der Waals surface area contributed by atoms with Gasteiger partial charge in [0.1, 0.15) is 6.04 Å². The molecular weight excluding hydrogens is 274 g/mol. The minimum atomic E-state index is -0.435. The van der Waals surface area contributed by atoms with Crippen molar-refractivity contribution in [3.8, 4) is 0 Å². The average Bonchev–Trinajstić information content (AvgIpc) is 2.87. The molecule has 2 atom stereocenters. The zero-order chi connectivity index (χ0) is 14.8. The van der Waals surface area contributed by atoms with E-state index >= 15 is 0 Å². The van der Waals surface area contributed by atoms with Gasteiger partial charge in [-0.2, -0.15) is 0 Å². The van der Waals surface area contributed by atoms with Crippen LogP contribution >= 0.6 is 11.8 Å². The van der Waals surface area contributed by atoms with Gasteiger partial charge in [-0.25, -0.2) is 0 Å². The molecule has 20 heavy (non-hydrogen) atoms. The molecule has 0 bridgehead atoms. The van der Waals surface area contributed by atoms with Gasteiger partial charge in [0, 0.05) is 23.8 Å². The monoisotopic (exact) mass is 299 g/mol.